The molecule has 206 valence electrons. The Labute approximate surface area is 224 Å². The molecule has 0 radical (unpaired) electrons. The van der Waals surface area contributed by atoms with E-state index in [4.69, 9.17) is 33.4 Å². The third-order valence-electron chi connectivity index (χ3n) is 7.07. The number of methoxy groups -OCH3 is 3. The highest BCUT2D eigenvalue weighted by molar-refractivity contribution is 5.95. The summed E-state index contributed by atoms with van der Waals surface area (Å²) in [5.41, 5.74) is 3.48. The Hall–Kier alpha value is -3.46. The number of carbonyl (C=O) groups excluding carboxylic acids is 1. The maximum atomic E-state index is 13.1. The third-order valence-corrected chi connectivity index (χ3v) is 7.07. The average molecular weight is 527 g/mol. The van der Waals surface area contributed by atoms with E-state index in [1.54, 1.807) is 21.1 Å². The van der Waals surface area contributed by atoms with Crippen molar-refractivity contribution in [2.45, 2.75) is 45.7 Å². The molecule has 2 heterocycles. The van der Waals surface area contributed by atoms with Crippen molar-refractivity contribution in [1.82, 2.24) is 4.90 Å². The van der Waals surface area contributed by atoms with Gasteiger partial charge in [-0.05, 0) is 60.6 Å². The highest BCUT2D eigenvalue weighted by atomic mass is 16.7. The number of carbonyl (C=O) groups is 1. The maximum Gasteiger partial charge on any atom is 0.342 e. The molecule has 0 N–H and O–H groups in total. The monoisotopic (exact) mass is 526 g/mol. The molecule has 2 atom stereocenters. The van der Waals surface area contributed by atoms with E-state index in [-0.39, 0.29) is 25.5 Å². The van der Waals surface area contributed by atoms with Crippen LogP contribution in [-0.4, -0.2) is 71.1 Å². The third kappa shape index (κ3) is 5.67. The van der Waals surface area contributed by atoms with Gasteiger partial charge >= 0.3 is 5.97 Å². The molecule has 0 fully saturated rings. The molecule has 0 saturated carbocycles. The molecular weight excluding hydrogens is 488 g/mol. The predicted octanol–water partition coefficient (Wildman–Crippen LogP) is 4.45. The van der Waals surface area contributed by atoms with E-state index in [2.05, 4.69) is 30.9 Å². The van der Waals surface area contributed by atoms with Crippen LogP contribution in [-0.2, 0) is 22.3 Å². The molecule has 2 aliphatic rings. The molecule has 0 aromatic heterocycles. The van der Waals surface area contributed by atoms with Crippen molar-refractivity contribution in [3.63, 3.8) is 0 Å². The summed E-state index contributed by atoms with van der Waals surface area (Å²) < 4.78 is 33.3. The molecule has 0 spiro atoms. The van der Waals surface area contributed by atoms with E-state index in [0.717, 1.165) is 35.6 Å². The van der Waals surface area contributed by atoms with Crippen LogP contribution in [0.2, 0.25) is 0 Å². The first-order chi connectivity index (χ1) is 18.4. The van der Waals surface area contributed by atoms with Gasteiger partial charge in [-0.1, -0.05) is 19.9 Å². The van der Waals surface area contributed by atoms with E-state index < -0.39 is 5.97 Å². The van der Waals surface area contributed by atoms with E-state index in [1.807, 2.05) is 18.5 Å². The standard InChI is InChI=1S/C29H38N2O7/c1-7-36-29(32)27-20(8-9-24(34-5)28(27)35-6)12-23-21-14-26-25(37-17-38-26)13-19(21)10-11-31(23)16-30-22(15-33-4)18(2)3/h8-9,13-14,16,18,22-23H,7,10-12,15,17H2,1-6H3/t22-,23+/m1/s1. The topological polar surface area (TPSA) is 88.1 Å². The van der Waals surface area contributed by atoms with Crippen molar-refractivity contribution in [3.05, 3.63) is 46.5 Å². The van der Waals surface area contributed by atoms with Gasteiger partial charge in [-0.2, -0.15) is 0 Å². The van der Waals surface area contributed by atoms with Gasteiger partial charge in [0.05, 0.1) is 45.9 Å². The van der Waals surface area contributed by atoms with E-state index >= 15 is 0 Å². The highest BCUT2D eigenvalue weighted by Gasteiger charge is 2.32. The van der Waals surface area contributed by atoms with Gasteiger partial charge < -0.3 is 33.3 Å². The Morgan fingerprint density at radius 2 is 1.92 bits per heavy atom. The van der Waals surface area contributed by atoms with Gasteiger partial charge in [0.2, 0.25) is 6.79 Å². The van der Waals surface area contributed by atoms with Crippen molar-refractivity contribution >= 4 is 12.3 Å². The number of aliphatic imine (C=N–C) groups is 1. The fourth-order valence-corrected chi connectivity index (χ4v) is 5.00. The highest BCUT2D eigenvalue weighted by Crippen LogP contribution is 2.43. The second kappa shape index (κ2) is 12.4. The van der Waals surface area contributed by atoms with Crippen LogP contribution in [0.3, 0.4) is 0 Å². The molecule has 2 aromatic rings. The van der Waals surface area contributed by atoms with Crippen LogP contribution in [0, 0.1) is 5.92 Å². The first-order valence-electron chi connectivity index (χ1n) is 13.0. The van der Waals surface area contributed by atoms with Gasteiger partial charge in [-0.15, -0.1) is 0 Å². The predicted molar refractivity (Wildman–Crippen MR) is 144 cm³/mol. The summed E-state index contributed by atoms with van der Waals surface area (Å²) in [4.78, 5) is 20.3. The van der Waals surface area contributed by atoms with Crippen LogP contribution in [0.5, 0.6) is 23.0 Å². The lowest BCUT2D eigenvalue weighted by Gasteiger charge is -2.37. The molecule has 0 bridgehead atoms. The second-order valence-corrected chi connectivity index (χ2v) is 9.70. The van der Waals surface area contributed by atoms with Gasteiger partial charge in [0, 0.05) is 13.7 Å². The largest absolute Gasteiger partial charge is 0.493 e. The van der Waals surface area contributed by atoms with E-state index in [1.165, 1.54) is 12.7 Å². The summed E-state index contributed by atoms with van der Waals surface area (Å²) in [6.45, 7) is 7.84. The zero-order valence-electron chi connectivity index (χ0n) is 23.1. The van der Waals surface area contributed by atoms with Gasteiger partial charge in [0.25, 0.3) is 0 Å². The first kappa shape index (κ1) is 27.6. The lowest BCUT2D eigenvalue weighted by molar-refractivity contribution is 0.0520. The van der Waals surface area contributed by atoms with Crippen molar-refractivity contribution < 1.29 is 33.2 Å². The number of esters is 1. The lowest BCUT2D eigenvalue weighted by atomic mass is 9.87. The zero-order valence-corrected chi connectivity index (χ0v) is 23.1. The molecule has 2 aliphatic heterocycles. The smallest absolute Gasteiger partial charge is 0.342 e. The Morgan fingerprint density at radius 1 is 1.16 bits per heavy atom. The minimum atomic E-state index is -0.444. The molecule has 0 saturated heterocycles. The van der Waals surface area contributed by atoms with Crippen molar-refractivity contribution in [2.75, 3.05) is 47.9 Å². The summed E-state index contributed by atoms with van der Waals surface area (Å²) in [6, 6.07) is 7.79. The Kier molecular flexibility index (Phi) is 8.99. The summed E-state index contributed by atoms with van der Waals surface area (Å²) in [5.74, 6) is 2.22. The van der Waals surface area contributed by atoms with E-state index in [0.29, 0.717) is 36.0 Å². The van der Waals surface area contributed by atoms with Crippen molar-refractivity contribution in [1.29, 1.82) is 0 Å². The van der Waals surface area contributed by atoms with Crippen molar-refractivity contribution in [3.8, 4) is 23.0 Å². The van der Waals surface area contributed by atoms with Crippen LogP contribution in [0.1, 0.15) is 53.9 Å². The molecular formula is C29H38N2O7. The fourth-order valence-electron chi connectivity index (χ4n) is 5.00. The van der Waals surface area contributed by atoms with Gasteiger partial charge in [0.15, 0.2) is 23.0 Å². The Bertz CT molecular complexity index is 1160. The normalized spacial score (nSPS) is 17.0. The molecule has 0 aliphatic carbocycles. The Morgan fingerprint density at radius 3 is 2.58 bits per heavy atom. The summed E-state index contributed by atoms with van der Waals surface area (Å²) >= 11 is 0. The zero-order chi connectivity index (χ0) is 27.2. The van der Waals surface area contributed by atoms with Crippen LogP contribution in [0.4, 0.5) is 0 Å². The Balaban J connectivity index is 1.79. The SMILES string of the molecule is CCOC(=O)c1c(C[C@H]2c3cc4c(cc3CCN2C=N[C@H](COC)C(C)C)OCO4)ccc(OC)c1OC. The van der Waals surface area contributed by atoms with Crippen molar-refractivity contribution in [2.24, 2.45) is 10.9 Å². The molecule has 9 nitrogen and oxygen atoms in total. The molecule has 9 heteroatoms. The van der Waals surface area contributed by atoms with E-state index in [9.17, 15) is 4.79 Å². The number of benzene rings is 2. The van der Waals surface area contributed by atoms with Gasteiger partial charge in [-0.3, -0.25) is 4.99 Å². The number of hydrogen-bond donors (Lipinski definition) is 0. The quantitative estimate of drug-likeness (QED) is 0.241. The number of ether oxygens (including phenoxy) is 6. The molecule has 2 aromatic carbocycles. The van der Waals surface area contributed by atoms with Crippen LogP contribution in [0.15, 0.2) is 29.3 Å². The van der Waals surface area contributed by atoms with Crippen LogP contribution >= 0.6 is 0 Å². The van der Waals surface area contributed by atoms with Gasteiger partial charge in [-0.25, -0.2) is 4.79 Å². The van der Waals surface area contributed by atoms with Crippen LogP contribution < -0.4 is 18.9 Å². The molecule has 0 unspecified atom stereocenters. The minimum Gasteiger partial charge on any atom is -0.493 e. The summed E-state index contributed by atoms with van der Waals surface area (Å²) in [7, 11) is 4.78. The number of fused-ring (bicyclic) bond motifs is 2. The number of rotatable bonds is 11. The summed E-state index contributed by atoms with van der Waals surface area (Å²) in [5, 5.41) is 0. The average Bonchev–Trinajstić information content (AvgIpc) is 3.37. The fraction of sp³-hybridized carbons (Fsp3) is 0.517. The minimum absolute atomic E-state index is 0.0370. The summed E-state index contributed by atoms with van der Waals surface area (Å²) in [6.07, 6.45) is 3.29. The molecule has 38 heavy (non-hydrogen) atoms. The maximum absolute atomic E-state index is 13.1. The first-order valence-corrected chi connectivity index (χ1v) is 13.0. The van der Waals surface area contributed by atoms with Crippen LogP contribution in [0.25, 0.3) is 0 Å². The lowest BCUT2D eigenvalue weighted by Crippen LogP contribution is -2.37. The molecule has 0 amide bonds. The van der Waals surface area contributed by atoms with Gasteiger partial charge in [0.1, 0.15) is 5.56 Å². The number of hydrogen-bond acceptors (Lipinski definition) is 8. The number of nitrogens with zero attached hydrogens (tertiary/aromatic N) is 2. The second-order valence-electron chi connectivity index (χ2n) is 9.70. The molecule has 4 rings (SSSR count).